The number of hydroxylamine groups is 1. The average molecular weight is 545 g/mol. The van der Waals surface area contributed by atoms with Gasteiger partial charge in [-0.3, -0.25) is 4.79 Å². The van der Waals surface area contributed by atoms with Gasteiger partial charge in [-0.25, -0.2) is 14.4 Å². The van der Waals surface area contributed by atoms with E-state index < -0.39 is 47.9 Å². The number of hydrogen-bond donors (Lipinski definition) is 4. The molecular weight excluding hydrogens is 508 g/mol. The molecule has 0 bridgehead atoms. The molecule has 3 unspecified atom stereocenters. The zero-order valence-electron chi connectivity index (χ0n) is 22.6. The number of aromatic hydroxyl groups is 1. The Morgan fingerprint density at radius 2 is 2.05 bits per heavy atom. The number of amides is 2. The van der Waals surface area contributed by atoms with Crippen LogP contribution in [0.15, 0.2) is 42.2 Å². The number of benzene rings is 1. The molecular formula is C27H36N4O8. The third-order valence-corrected chi connectivity index (χ3v) is 6.01. The average Bonchev–Trinajstić information content (AvgIpc) is 2.85. The van der Waals surface area contributed by atoms with Crippen LogP contribution in [0.1, 0.15) is 70.7 Å². The third-order valence-electron chi connectivity index (χ3n) is 6.01. The van der Waals surface area contributed by atoms with E-state index in [2.05, 4.69) is 10.8 Å². The van der Waals surface area contributed by atoms with Gasteiger partial charge in [-0.1, -0.05) is 31.9 Å². The first-order chi connectivity index (χ1) is 18.4. The highest BCUT2D eigenvalue weighted by atomic mass is 16.7. The largest absolute Gasteiger partial charge is 0.508 e. The van der Waals surface area contributed by atoms with Crippen LogP contribution in [-0.4, -0.2) is 51.6 Å². The van der Waals surface area contributed by atoms with E-state index >= 15 is 0 Å². The number of unbranched alkanes of at least 4 members (excludes halogenated alkanes) is 1. The van der Waals surface area contributed by atoms with E-state index in [0.29, 0.717) is 36.0 Å². The van der Waals surface area contributed by atoms with Crippen molar-refractivity contribution in [1.29, 1.82) is 0 Å². The van der Waals surface area contributed by atoms with Crippen molar-refractivity contribution >= 4 is 23.9 Å². The van der Waals surface area contributed by atoms with Gasteiger partial charge in [-0.05, 0) is 51.3 Å². The zero-order chi connectivity index (χ0) is 28.7. The van der Waals surface area contributed by atoms with Gasteiger partial charge in [0.15, 0.2) is 0 Å². The number of phenolic OH excluding ortho intramolecular Hbond substituents is 1. The molecule has 0 saturated carbocycles. The predicted octanol–water partition coefficient (Wildman–Crippen LogP) is 2.58. The highest BCUT2D eigenvalue weighted by Gasteiger charge is 2.35. The van der Waals surface area contributed by atoms with Crippen molar-refractivity contribution in [2.75, 3.05) is 0 Å². The first-order valence-electron chi connectivity index (χ1n) is 12.8. The maximum Gasteiger partial charge on any atom is 0.408 e. The van der Waals surface area contributed by atoms with Crippen molar-refractivity contribution in [2.24, 2.45) is 5.73 Å². The van der Waals surface area contributed by atoms with Crippen LogP contribution >= 0.6 is 0 Å². The minimum absolute atomic E-state index is 0.0117. The molecule has 2 aliphatic heterocycles. The van der Waals surface area contributed by atoms with Gasteiger partial charge in [-0.2, -0.15) is 0 Å². The summed E-state index contributed by atoms with van der Waals surface area (Å²) < 4.78 is 11.0. The summed E-state index contributed by atoms with van der Waals surface area (Å²) in [6.07, 6.45) is 5.16. The van der Waals surface area contributed by atoms with E-state index in [1.807, 2.05) is 6.92 Å². The summed E-state index contributed by atoms with van der Waals surface area (Å²) in [6.45, 7) is 7.06. The lowest BCUT2D eigenvalue weighted by Gasteiger charge is -2.32. The number of rotatable bonds is 8. The molecule has 39 heavy (non-hydrogen) atoms. The zero-order valence-corrected chi connectivity index (χ0v) is 22.6. The van der Waals surface area contributed by atoms with Gasteiger partial charge in [0.25, 0.3) is 0 Å². The number of nitrogens with two attached hydrogens (primary N) is 1. The van der Waals surface area contributed by atoms with E-state index in [0.717, 1.165) is 6.42 Å². The fourth-order valence-corrected chi connectivity index (χ4v) is 4.13. The lowest BCUT2D eigenvalue weighted by molar-refractivity contribution is -0.178. The number of alkyl carbamates (subject to hydrolysis) is 1. The van der Waals surface area contributed by atoms with Crippen LogP contribution in [0, 0.1) is 0 Å². The summed E-state index contributed by atoms with van der Waals surface area (Å²) in [7, 11) is 0. The van der Waals surface area contributed by atoms with Crippen molar-refractivity contribution in [3.8, 4) is 5.75 Å². The van der Waals surface area contributed by atoms with Crippen LogP contribution in [0.25, 0.3) is 0 Å². The number of nitrogens with zero attached hydrogens (tertiary/aromatic N) is 1. The van der Waals surface area contributed by atoms with E-state index in [1.165, 1.54) is 18.3 Å². The van der Waals surface area contributed by atoms with Crippen LogP contribution in [0.2, 0.25) is 0 Å². The number of esters is 1. The lowest BCUT2D eigenvalue weighted by Crippen LogP contribution is -2.49. The van der Waals surface area contributed by atoms with Gasteiger partial charge in [0.05, 0.1) is 0 Å². The van der Waals surface area contributed by atoms with Crippen molar-refractivity contribution in [3.63, 3.8) is 0 Å². The van der Waals surface area contributed by atoms with Crippen LogP contribution in [0.4, 0.5) is 4.79 Å². The number of allylic oxidation sites excluding steroid dienone is 1. The molecule has 2 aliphatic rings. The molecule has 0 spiro atoms. The summed E-state index contributed by atoms with van der Waals surface area (Å²) in [6, 6.07) is 2.48. The molecule has 5 N–H and O–H groups in total. The molecule has 212 valence electrons. The maximum absolute atomic E-state index is 13.5. The van der Waals surface area contributed by atoms with Crippen molar-refractivity contribution in [2.45, 2.75) is 83.7 Å². The van der Waals surface area contributed by atoms with E-state index in [9.17, 15) is 24.3 Å². The van der Waals surface area contributed by atoms with Gasteiger partial charge >= 0.3 is 18.0 Å². The summed E-state index contributed by atoms with van der Waals surface area (Å²) in [5.41, 5.74) is 8.33. The normalized spacial score (nSPS) is 19.9. The molecule has 0 saturated heterocycles. The number of nitrogens with one attached hydrogen (secondary N) is 2. The molecule has 2 amide bonds. The van der Waals surface area contributed by atoms with E-state index in [4.69, 9.17) is 20.0 Å². The third kappa shape index (κ3) is 8.21. The lowest BCUT2D eigenvalue weighted by atomic mass is 9.98. The quantitative estimate of drug-likeness (QED) is 0.282. The monoisotopic (exact) mass is 544 g/mol. The Kier molecular flexibility index (Phi) is 9.57. The Morgan fingerprint density at radius 1 is 1.31 bits per heavy atom. The fraction of sp³-hybridized carbons (Fsp3) is 0.481. The number of fused-ring (bicyclic) bond motifs is 1. The number of phenols is 1. The summed E-state index contributed by atoms with van der Waals surface area (Å²) in [5, 5.41) is 12.7. The Balaban J connectivity index is 1.86. The van der Waals surface area contributed by atoms with E-state index in [-0.39, 0.29) is 12.2 Å². The molecule has 1 aromatic carbocycles. The van der Waals surface area contributed by atoms with Crippen LogP contribution < -0.4 is 16.5 Å². The van der Waals surface area contributed by atoms with Crippen LogP contribution in [-0.2, 0) is 35.1 Å². The van der Waals surface area contributed by atoms with Crippen molar-refractivity contribution in [3.05, 3.63) is 53.4 Å². The highest BCUT2D eigenvalue weighted by Crippen LogP contribution is 2.29. The molecule has 2 heterocycles. The molecule has 12 heteroatoms. The SMILES string of the molecule is CCCCC(C(=O)OC1NOC(=O)C(NC(=O)OC(C)(C)C)Cc2ccc(O)cc21)N1C=CCC(C(N)=O)=C1. The minimum Gasteiger partial charge on any atom is -0.508 e. The summed E-state index contributed by atoms with van der Waals surface area (Å²) in [4.78, 5) is 57.0. The van der Waals surface area contributed by atoms with Crippen LogP contribution in [0.5, 0.6) is 5.75 Å². The molecule has 0 fully saturated rings. The summed E-state index contributed by atoms with van der Waals surface area (Å²) >= 11 is 0. The standard InChI is InChI=1S/C27H36N4O8/c1-5-6-9-21(31-12-7-8-17(15-31)22(28)33)25(35)37-23-19-14-18(32)11-10-16(19)13-20(24(34)39-30-23)29-26(36)38-27(2,3)4/h7,10-12,14-15,20-21,23,30,32H,5-6,8-9,13H2,1-4H3,(H2,28,33)(H,29,36). The van der Waals surface area contributed by atoms with Gasteiger partial charge in [0, 0.05) is 30.0 Å². The number of hydrogen-bond acceptors (Lipinski definition) is 10. The molecule has 3 atom stereocenters. The number of ether oxygens (including phenoxy) is 2. The molecule has 0 aromatic heterocycles. The Morgan fingerprint density at radius 3 is 2.72 bits per heavy atom. The van der Waals surface area contributed by atoms with Gasteiger partial charge < -0.3 is 35.4 Å². The first-order valence-corrected chi connectivity index (χ1v) is 12.8. The van der Waals surface area contributed by atoms with Gasteiger partial charge in [-0.15, -0.1) is 5.48 Å². The van der Waals surface area contributed by atoms with Crippen molar-refractivity contribution in [1.82, 2.24) is 15.7 Å². The summed E-state index contributed by atoms with van der Waals surface area (Å²) in [5.74, 6) is -2.16. The van der Waals surface area contributed by atoms with Crippen LogP contribution in [0.3, 0.4) is 0 Å². The molecule has 0 aliphatic carbocycles. The Labute approximate surface area is 227 Å². The second-order valence-corrected chi connectivity index (χ2v) is 10.4. The van der Waals surface area contributed by atoms with Crippen molar-refractivity contribution < 1.29 is 38.6 Å². The molecule has 3 rings (SSSR count). The predicted molar refractivity (Wildman–Crippen MR) is 139 cm³/mol. The number of primary amides is 1. The van der Waals surface area contributed by atoms with Gasteiger partial charge in [0.1, 0.15) is 23.4 Å². The second-order valence-electron chi connectivity index (χ2n) is 10.4. The fourth-order valence-electron chi connectivity index (χ4n) is 4.13. The number of carbonyl (C=O) groups is 4. The molecule has 0 radical (unpaired) electrons. The second kappa shape index (κ2) is 12.7. The minimum atomic E-state index is -1.26. The maximum atomic E-state index is 13.5. The van der Waals surface area contributed by atoms with Gasteiger partial charge in [0.2, 0.25) is 12.1 Å². The Bertz CT molecular complexity index is 1160. The first kappa shape index (κ1) is 29.5. The van der Waals surface area contributed by atoms with E-state index in [1.54, 1.807) is 44.0 Å². The molecule has 12 nitrogen and oxygen atoms in total. The topological polar surface area (TPSA) is 170 Å². The highest BCUT2D eigenvalue weighted by molar-refractivity contribution is 5.92. The number of carbonyl (C=O) groups excluding carboxylic acids is 4. The smallest absolute Gasteiger partial charge is 0.408 e. The Hall–Kier alpha value is -4.06. The molecule has 1 aromatic rings.